The molecule has 0 saturated heterocycles. The maximum Gasteiger partial charge on any atom is 0.352 e. The molecule has 0 saturated carbocycles. The van der Waals surface area contributed by atoms with Crippen LogP contribution in [-0.2, 0) is 16.1 Å². The van der Waals surface area contributed by atoms with Gasteiger partial charge in [0.25, 0.3) is 0 Å². The Labute approximate surface area is 66.5 Å². The number of carbonyl (C=O) groups is 1. The first-order valence-corrected chi connectivity index (χ1v) is 3.79. The predicted octanol–water partition coefficient (Wildman–Crippen LogP) is -0.251. The largest absolute Gasteiger partial charge is 0.755 e. The lowest BCUT2D eigenvalue weighted by molar-refractivity contribution is -0.132. The van der Waals surface area contributed by atoms with E-state index in [2.05, 4.69) is 0 Å². The minimum absolute atomic E-state index is 0.307. The van der Waals surface area contributed by atoms with Gasteiger partial charge in [-0.1, -0.05) is 0 Å². The van der Waals surface area contributed by atoms with Crippen LogP contribution in [-0.4, -0.2) is 19.8 Å². The molecule has 0 heterocycles. The van der Waals surface area contributed by atoms with Gasteiger partial charge in [0, 0.05) is 11.3 Å². The molecule has 0 aliphatic heterocycles. The quantitative estimate of drug-likeness (QED) is 0.460. The number of hydrogen-bond acceptors (Lipinski definition) is 3. The van der Waals surface area contributed by atoms with E-state index in [0.29, 0.717) is 5.57 Å². The Morgan fingerprint density at radius 2 is 2.00 bits per heavy atom. The summed E-state index contributed by atoms with van der Waals surface area (Å²) >= 11 is -2.58. The van der Waals surface area contributed by atoms with E-state index in [0.717, 1.165) is 0 Å². The minimum atomic E-state index is -2.58. The third-order valence-corrected chi connectivity index (χ3v) is 1.27. The maximum atomic E-state index is 10.3. The van der Waals surface area contributed by atoms with Crippen LogP contribution < -0.4 is 4.72 Å². The molecular weight excluding hydrogens is 170 g/mol. The van der Waals surface area contributed by atoms with E-state index in [-0.39, 0.29) is 5.70 Å². The highest BCUT2D eigenvalue weighted by atomic mass is 32.2. The van der Waals surface area contributed by atoms with Crippen LogP contribution in [0.2, 0.25) is 0 Å². The van der Waals surface area contributed by atoms with Crippen LogP contribution in [0.4, 0.5) is 0 Å². The summed E-state index contributed by atoms with van der Waals surface area (Å²) < 4.78 is 21.8. The van der Waals surface area contributed by atoms with E-state index < -0.39 is 17.2 Å². The molecule has 0 fully saturated rings. The van der Waals surface area contributed by atoms with Crippen LogP contribution in [0.5, 0.6) is 0 Å². The van der Waals surface area contributed by atoms with Crippen LogP contribution in [0.3, 0.4) is 0 Å². The first kappa shape index (κ1) is 10.1. The van der Waals surface area contributed by atoms with Crippen molar-refractivity contribution < 1.29 is 18.7 Å². The Morgan fingerprint density at radius 1 is 1.55 bits per heavy atom. The fourth-order valence-electron chi connectivity index (χ4n) is 0.443. The molecule has 5 nitrogen and oxygen atoms in total. The number of allylic oxidation sites excluding steroid dienone is 1. The summed E-state index contributed by atoms with van der Waals surface area (Å²) in [5.41, 5.74) is 0.0973. The van der Waals surface area contributed by atoms with Gasteiger partial charge in [0.2, 0.25) is 0 Å². The van der Waals surface area contributed by atoms with E-state index in [1.807, 2.05) is 0 Å². The number of carboxylic acid groups (broad SMARTS) is 1. The van der Waals surface area contributed by atoms with Crippen molar-refractivity contribution >= 4 is 17.2 Å². The zero-order chi connectivity index (χ0) is 9.02. The summed E-state index contributed by atoms with van der Waals surface area (Å²) in [6.45, 7) is 3.01. The van der Waals surface area contributed by atoms with Crippen LogP contribution >= 0.6 is 0 Å². The third kappa shape index (κ3) is 3.74. The Balaban J connectivity index is 4.52. The standard InChI is InChI=1S/C5H9NO4S/c1-3(2)4(5(7)8)6-11(9)10/h6H,1-2H3,(H,7,8)(H,9,10)/p-1. The van der Waals surface area contributed by atoms with Crippen molar-refractivity contribution in [1.29, 1.82) is 0 Å². The van der Waals surface area contributed by atoms with Crippen LogP contribution in [0.25, 0.3) is 0 Å². The van der Waals surface area contributed by atoms with Gasteiger partial charge in [-0.25, -0.2) is 4.79 Å². The molecule has 64 valence electrons. The molecule has 0 spiro atoms. The number of rotatable bonds is 3. The van der Waals surface area contributed by atoms with Crippen LogP contribution in [0, 0.1) is 0 Å². The summed E-state index contributed by atoms with van der Waals surface area (Å²) in [5.74, 6) is -1.28. The highest BCUT2D eigenvalue weighted by molar-refractivity contribution is 7.77. The summed E-state index contributed by atoms with van der Waals surface area (Å²) in [4.78, 5) is 10.3. The van der Waals surface area contributed by atoms with Crippen molar-refractivity contribution in [3.05, 3.63) is 11.3 Å². The van der Waals surface area contributed by atoms with Gasteiger partial charge in [-0.05, 0) is 19.4 Å². The lowest BCUT2D eigenvalue weighted by Gasteiger charge is -2.09. The molecule has 1 atom stereocenters. The number of nitrogens with one attached hydrogen (secondary N) is 1. The molecule has 0 aromatic heterocycles. The second-order valence-corrected chi connectivity index (χ2v) is 2.69. The number of aliphatic carboxylic acids is 1. The second-order valence-electron chi connectivity index (χ2n) is 2.02. The molecule has 6 heteroatoms. The van der Waals surface area contributed by atoms with Gasteiger partial charge >= 0.3 is 5.97 Å². The smallest absolute Gasteiger partial charge is 0.352 e. The minimum Gasteiger partial charge on any atom is -0.755 e. The van der Waals surface area contributed by atoms with Crippen molar-refractivity contribution in [3.8, 4) is 0 Å². The SMILES string of the molecule is CC(C)=C(NS(=O)[O-])C(=O)O. The first-order chi connectivity index (χ1) is 4.95. The van der Waals surface area contributed by atoms with E-state index in [1.165, 1.54) is 13.8 Å². The molecule has 0 aliphatic rings. The average Bonchev–Trinajstić information content (AvgIpc) is 1.81. The molecule has 0 aliphatic carbocycles. The summed E-state index contributed by atoms with van der Waals surface area (Å²) in [5, 5.41) is 8.40. The number of carboxylic acids is 1. The molecule has 0 aromatic rings. The zero-order valence-electron chi connectivity index (χ0n) is 6.08. The van der Waals surface area contributed by atoms with Crippen molar-refractivity contribution in [1.82, 2.24) is 4.72 Å². The van der Waals surface area contributed by atoms with Crippen molar-refractivity contribution in [2.75, 3.05) is 0 Å². The summed E-state index contributed by atoms with van der Waals surface area (Å²) in [7, 11) is 0. The van der Waals surface area contributed by atoms with Gasteiger partial charge in [-0.2, -0.15) is 0 Å². The highest BCUT2D eigenvalue weighted by Gasteiger charge is 2.07. The Morgan fingerprint density at radius 3 is 2.09 bits per heavy atom. The van der Waals surface area contributed by atoms with E-state index >= 15 is 0 Å². The fraction of sp³-hybridized carbons (Fsp3) is 0.400. The maximum absolute atomic E-state index is 10.3. The molecule has 2 N–H and O–H groups in total. The lowest BCUT2D eigenvalue weighted by atomic mass is 10.3. The van der Waals surface area contributed by atoms with E-state index in [4.69, 9.17) is 5.11 Å². The third-order valence-electron chi connectivity index (χ3n) is 0.899. The molecule has 0 radical (unpaired) electrons. The molecule has 0 rings (SSSR count). The first-order valence-electron chi connectivity index (χ1n) is 2.72. The summed E-state index contributed by atoms with van der Waals surface area (Å²) in [6.07, 6.45) is 0. The van der Waals surface area contributed by atoms with E-state index in [9.17, 15) is 13.6 Å². The zero-order valence-corrected chi connectivity index (χ0v) is 6.90. The average molecular weight is 178 g/mol. The molecule has 11 heavy (non-hydrogen) atoms. The molecule has 1 unspecified atom stereocenters. The second kappa shape index (κ2) is 4.09. The Bertz CT molecular complexity index is 219. The Hall–Kier alpha value is -0.880. The fourth-order valence-corrected chi connectivity index (χ4v) is 0.901. The molecule has 0 bridgehead atoms. The van der Waals surface area contributed by atoms with E-state index in [1.54, 1.807) is 4.72 Å². The molecule has 0 amide bonds. The predicted molar refractivity (Wildman–Crippen MR) is 38.1 cm³/mol. The van der Waals surface area contributed by atoms with Crippen LogP contribution in [0.15, 0.2) is 11.3 Å². The van der Waals surface area contributed by atoms with Gasteiger partial charge in [-0.15, -0.1) is 0 Å². The Kier molecular flexibility index (Phi) is 3.77. The summed E-state index contributed by atoms with van der Waals surface area (Å²) in [6, 6.07) is 0. The monoisotopic (exact) mass is 178 g/mol. The normalized spacial score (nSPS) is 11.9. The number of hydrogen-bond donors (Lipinski definition) is 2. The van der Waals surface area contributed by atoms with Crippen molar-refractivity contribution in [2.24, 2.45) is 0 Å². The molecular formula is C5H8NO4S-. The van der Waals surface area contributed by atoms with Gasteiger partial charge in [-0.3, -0.25) is 4.21 Å². The highest BCUT2D eigenvalue weighted by Crippen LogP contribution is 1.99. The lowest BCUT2D eigenvalue weighted by Crippen LogP contribution is -2.23. The molecule has 0 aromatic carbocycles. The van der Waals surface area contributed by atoms with Gasteiger partial charge in [0.15, 0.2) is 0 Å². The van der Waals surface area contributed by atoms with Gasteiger partial charge < -0.3 is 14.4 Å². The van der Waals surface area contributed by atoms with Gasteiger partial charge in [0.1, 0.15) is 5.70 Å². The van der Waals surface area contributed by atoms with Gasteiger partial charge in [0.05, 0.1) is 0 Å². The van der Waals surface area contributed by atoms with Crippen LogP contribution in [0.1, 0.15) is 13.8 Å². The topological polar surface area (TPSA) is 89.5 Å². The van der Waals surface area contributed by atoms with Crippen molar-refractivity contribution in [3.63, 3.8) is 0 Å². The van der Waals surface area contributed by atoms with Crippen molar-refractivity contribution in [2.45, 2.75) is 13.8 Å².